The number of methoxy groups -OCH3 is 1. The Kier molecular flexibility index (Phi) is 7.12. The average molecular weight is 513 g/mol. The van der Waals surface area contributed by atoms with E-state index in [0.717, 1.165) is 46.7 Å². The zero-order chi connectivity index (χ0) is 25.9. The molecule has 1 aliphatic heterocycles. The molecular weight excluding hydrogens is 484 g/mol. The summed E-state index contributed by atoms with van der Waals surface area (Å²) in [6.45, 7) is 7.19. The fourth-order valence-electron chi connectivity index (χ4n) is 4.61. The molecule has 1 aliphatic rings. The highest BCUT2D eigenvalue weighted by atomic mass is 32.1. The Morgan fingerprint density at radius 3 is 2.54 bits per heavy atom. The number of thiazole rings is 1. The number of aromatic nitrogens is 1. The molecule has 0 fully saturated rings. The fourth-order valence-corrected chi connectivity index (χ4v) is 5.33. The number of carbonyl (C=O) groups is 2. The standard InChI is InChI=1S/C29H28N4O3S/c1-4-33(5-2)16-18-6-10-21(11-7-18)31-27(19-9-13-23-25(15-19)37-17-30-23)26-22-12-8-20(29(35)36-3)14-24(22)32-28(26)34/h6-15,17,26H,4-5,16H2,1-3H3,(H,32,34). The van der Waals surface area contributed by atoms with E-state index in [-0.39, 0.29) is 5.91 Å². The number of aliphatic imine (C=N–C) groups is 1. The molecule has 0 aliphatic carbocycles. The minimum atomic E-state index is -0.623. The minimum absolute atomic E-state index is 0.182. The number of nitrogens with zero attached hydrogens (tertiary/aromatic N) is 3. The third-order valence-electron chi connectivity index (χ3n) is 6.69. The van der Waals surface area contributed by atoms with Crippen LogP contribution >= 0.6 is 11.3 Å². The van der Waals surface area contributed by atoms with Crippen molar-refractivity contribution in [2.45, 2.75) is 26.3 Å². The number of rotatable bonds is 8. The third kappa shape index (κ3) is 5.03. The lowest BCUT2D eigenvalue weighted by Crippen LogP contribution is -2.22. The maximum Gasteiger partial charge on any atom is 0.337 e. The van der Waals surface area contributed by atoms with Crippen LogP contribution < -0.4 is 5.32 Å². The Morgan fingerprint density at radius 2 is 1.81 bits per heavy atom. The summed E-state index contributed by atoms with van der Waals surface area (Å²) in [6.07, 6.45) is 0. The molecule has 0 radical (unpaired) electrons. The van der Waals surface area contributed by atoms with Gasteiger partial charge < -0.3 is 10.1 Å². The molecule has 0 bridgehead atoms. The molecule has 5 rings (SSSR count). The second-order valence-corrected chi connectivity index (χ2v) is 9.76. The van der Waals surface area contributed by atoms with Crippen LogP contribution in [-0.2, 0) is 16.1 Å². The molecule has 0 spiro atoms. The molecule has 0 saturated heterocycles. The summed E-state index contributed by atoms with van der Waals surface area (Å²) in [6, 6.07) is 19.3. The topological polar surface area (TPSA) is 83.9 Å². The van der Waals surface area contributed by atoms with E-state index in [1.165, 1.54) is 12.7 Å². The number of nitrogens with one attached hydrogen (secondary N) is 1. The van der Waals surface area contributed by atoms with Gasteiger partial charge >= 0.3 is 5.97 Å². The lowest BCUT2D eigenvalue weighted by Gasteiger charge is -2.18. The van der Waals surface area contributed by atoms with Gasteiger partial charge in [0.25, 0.3) is 0 Å². The van der Waals surface area contributed by atoms with Crippen LogP contribution in [0.1, 0.15) is 46.8 Å². The fraction of sp³-hybridized carbons (Fsp3) is 0.241. The minimum Gasteiger partial charge on any atom is -0.465 e. The van der Waals surface area contributed by atoms with Crippen molar-refractivity contribution >= 4 is 50.5 Å². The molecular formula is C29H28N4O3S. The lowest BCUT2D eigenvalue weighted by atomic mass is 9.90. The van der Waals surface area contributed by atoms with Crippen LogP contribution in [0.5, 0.6) is 0 Å². The van der Waals surface area contributed by atoms with E-state index in [4.69, 9.17) is 9.73 Å². The van der Waals surface area contributed by atoms with Gasteiger partial charge in [0, 0.05) is 12.2 Å². The predicted molar refractivity (Wildman–Crippen MR) is 148 cm³/mol. The number of hydrogen-bond donors (Lipinski definition) is 1. The Balaban J connectivity index is 1.57. The van der Waals surface area contributed by atoms with Crippen LogP contribution in [0.4, 0.5) is 11.4 Å². The summed E-state index contributed by atoms with van der Waals surface area (Å²) < 4.78 is 5.87. The van der Waals surface area contributed by atoms with Crippen LogP contribution in [0, 0.1) is 0 Å². The highest BCUT2D eigenvalue weighted by Gasteiger charge is 2.36. The maximum absolute atomic E-state index is 13.3. The number of hydrogen-bond acceptors (Lipinski definition) is 7. The zero-order valence-electron chi connectivity index (χ0n) is 21.0. The van der Waals surface area contributed by atoms with Crippen molar-refractivity contribution in [3.05, 3.63) is 88.4 Å². The molecule has 8 heteroatoms. The van der Waals surface area contributed by atoms with Gasteiger partial charge in [0.2, 0.25) is 5.91 Å². The number of amides is 1. The Morgan fingerprint density at radius 1 is 1.05 bits per heavy atom. The largest absolute Gasteiger partial charge is 0.465 e. The average Bonchev–Trinajstić information content (AvgIpc) is 3.53. The molecule has 1 aromatic heterocycles. The van der Waals surface area contributed by atoms with Crippen molar-refractivity contribution in [1.29, 1.82) is 0 Å². The molecule has 1 atom stereocenters. The van der Waals surface area contributed by atoms with E-state index in [0.29, 0.717) is 17.0 Å². The highest BCUT2D eigenvalue weighted by Crippen LogP contribution is 2.37. The van der Waals surface area contributed by atoms with Gasteiger partial charge in [0.15, 0.2) is 0 Å². The van der Waals surface area contributed by atoms with Crippen molar-refractivity contribution in [2.75, 3.05) is 25.5 Å². The summed E-state index contributed by atoms with van der Waals surface area (Å²) in [4.78, 5) is 37.1. The van der Waals surface area contributed by atoms with E-state index in [2.05, 4.69) is 41.2 Å². The van der Waals surface area contributed by atoms with Crippen LogP contribution in [0.2, 0.25) is 0 Å². The number of esters is 1. The smallest absolute Gasteiger partial charge is 0.337 e. The molecule has 1 N–H and O–H groups in total. The third-order valence-corrected chi connectivity index (χ3v) is 7.48. The molecule has 4 aromatic rings. The van der Waals surface area contributed by atoms with Crippen LogP contribution in [0.15, 0.2) is 71.2 Å². The molecule has 0 saturated carbocycles. The van der Waals surface area contributed by atoms with Gasteiger partial charge in [-0.25, -0.2) is 9.78 Å². The Bertz CT molecular complexity index is 1490. The monoisotopic (exact) mass is 512 g/mol. The van der Waals surface area contributed by atoms with Gasteiger partial charge in [0.05, 0.1) is 39.8 Å². The van der Waals surface area contributed by atoms with Gasteiger partial charge in [-0.15, -0.1) is 11.3 Å². The lowest BCUT2D eigenvalue weighted by molar-refractivity contribution is -0.115. The molecule has 1 unspecified atom stereocenters. The number of fused-ring (bicyclic) bond motifs is 2. The van der Waals surface area contributed by atoms with E-state index >= 15 is 0 Å². The summed E-state index contributed by atoms with van der Waals surface area (Å²) in [7, 11) is 1.34. The highest BCUT2D eigenvalue weighted by molar-refractivity contribution is 7.16. The molecule has 2 heterocycles. The maximum atomic E-state index is 13.3. The number of anilines is 1. The first-order chi connectivity index (χ1) is 18.0. The van der Waals surface area contributed by atoms with E-state index in [9.17, 15) is 9.59 Å². The second-order valence-electron chi connectivity index (χ2n) is 8.88. The predicted octanol–water partition coefficient (Wildman–Crippen LogP) is 5.78. The SMILES string of the molecule is CCN(CC)Cc1ccc(N=C(c2ccc3ncsc3c2)C2C(=O)Nc3cc(C(=O)OC)ccc32)cc1. The summed E-state index contributed by atoms with van der Waals surface area (Å²) in [5, 5.41) is 2.94. The Labute approximate surface area is 219 Å². The van der Waals surface area contributed by atoms with Crippen molar-refractivity contribution in [1.82, 2.24) is 9.88 Å². The molecule has 188 valence electrons. The van der Waals surface area contributed by atoms with Gasteiger partial charge in [-0.2, -0.15) is 0 Å². The quantitative estimate of drug-likeness (QED) is 0.239. The molecule has 3 aromatic carbocycles. The van der Waals surface area contributed by atoms with Gasteiger partial charge in [0.1, 0.15) is 5.92 Å². The molecule has 1 amide bonds. The summed E-state index contributed by atoms with van der Waals surface area (Å²) in [5.41, 5.74) is 7.97. The number of benzene rings is 3. The van der Waals surface area contributed by atoms with Crippen LogP contribution in [0.3, 0.4) is 0 Å². The van der Waals surface area contributed by atoms with Crippen molar-refractivity contribution in [3.63, 3.8) is 0 Å². The number of carbonyl (C=O) groups excluding carboxylic acids is 2. The number of ether oxygens (including phenoxy) is 1. The summed E-state index contributed by atoms with van der Waals surface area (Å²) >= 11 is 1.55. The van der Waals surface area contributed by atoms with Gasteiger partial charge in [-0.1, -0.05) is 38.1 Å². The Hall–Kier alpha value is -3.88. The van der Waals surface area contributed by atoms with E-state index in [1.54, 1.807) is 29.5 Å². The zero-order valence-corrected chi connectivity index (χ0v) is 21.8. The van der Waals surface area contributed by atoms with Gasteiger partial charge in [-0.05, 0) is 66.2 Å². The van der Waals surface area contributed by atoms with Crippen molar-refractivity contribution < 1.29 is 14.3 Å². The first-order valence-electron chi connectivity index (χ1n) is 12.3. The van der Waals surface area contributed by atoms with E-state index in [1.807, 2.05) is 35.8 Å². The normalized spacial score (nSPS) is 15.2. The van der Waals surface area contributed by atoms with E-state index < -0.39 is 11.9 Å². The van der Waals surface area contributed by atoms with Crippen molar-refractivity contribution in [2.24, 2.45) is 4.99 Å². The summed E-state index contributed by atoms with van der Waals surface area (Å²) in [5.74, 6) is -1.25. The molecule has 7 nitrogen and oxygen atoms in total. The first kappa shape index (κ1) is 24.8. The van der Waals surface area contributed by atoms with Crippen molar-refractivity contribution in [3.8, 4) is 0 Å². The van der Waals surface area contributed by atoms with Crippen LogP contribution in [0.25, 0.3) is 10.2 Å². The van der Waals surface area contributed by atoms with Gasteiger partial charge in [-0.3, -0.25) is 14.7 Å². The van der Waals surface area contributed by atoms with Crippen LogP contribution in [-0.4, -0.2) is 47.7 Å². The second kappa shape index (κ2) is 10.6. The first-order valence-corrected chi connectivity index (χ1v) is 13.1. The molecule has 37 heavy (non-hydrogen) atoms.